The molecule has 1 heterocycles. The summed E-state index contributed by atoms with van der Waals surface area (Å²) in [7, 11) is 0. The number of carbonyl (C=O) groups is 2. The summed E-state index contributed by atoms with van der Waals surface area (Å²) in [4.78, 5) is 26.4. The third kappa shape index (κ3) is 6.00. The molecule has 0 radical (unpaired) electrons. The Kier molecular flexibility index (Phi) is 6.74. The van der Waals surface area contributed by atoms with Crippen molar-refractivity contribution < 1.29 is 19.4 Å². The van der Waals surface area contributed by atoms with Crippen LogP contribution in [0.2, 0.25) is 0 Å². The number of benzene rings is 1. The first-order chi connectivity index (χ1) is 11.5. The highest BCUT2D eigenvalue weighted by Crippen LogP contribution is 2.13. The Morgan fingerprint density at radius 1 is 1.38 bits per heavy atom. The number of nitrogens with one attached hydrogen (secondary N) is 1. The Hall–Kier alpha value is -2.41. The van der Waals surface area contributed by atoms with Crippen LogP contribution in [0, 0.1) is 6.92 Å². The highest BCUT2D eigenvalue weighted by molar-refractivity contribution is 7.09. The van der Waals surface area contributed by atoms with Gasteiger partial charge in [0.05, 0.1) is 11.6 Å². The van der Waals surface area contributed by atoms with Crippen molar-refractivity contribution in [3.05, 3.63) is 45.9 Å². The number of aromatic carboxylic acids is 1. The lowest BCUT2D eigenvalue weighted by Gasteiger charge is -2.07. The van der Waals surface area contributed by atoms with Crippen molar-refractivity contribution >= 4 is 23.2 Å². The summed E-state index contributed by atoms with van der Waals surface area (Å²) in [5.74, 6) is -0.263. The molecule has 2 aromatic rings. The molecule has 0 aliphatic carbocycles. The number of nitrogens with zero attached hydrogens (tertiary/aromatic N) is 1. The third-order valence-electron chi connectivity index (χ3n) is 3.24. The number of ether oxygens (including phenoxy) is 1. The van der Waals surface area contributed by atoms with Crippen LogP contribution in [0.3, 0.4) is 0 Å². The minimum Gasteiger partial charge on any atom is -0.494 e. The van der Waals surface area contributed by atoms with Crippen LogP contribution in [0.25, 0.3) is 0 Å². The predicted molar refractivity (Wildman–Crippen MR) is 91.7 cm³/mol. The molecule has 2 rings (SSSR count). The molecular weight excluding hydrogens is 328 g/mol. The molecule has 6 nitrogen and oxygen atoms in total. The lowest BCUT2D eigenvalue weighted by atomic mass is 10.2. The van der Waals surface area contributed by atoms with Crippen LogP contribution in [0.1, 0.15) is 33.9 Å². The van der Waals surface area contributed by atoms with Gasteiger partial charge in [-0.25, -0.2) is 9.78 Å². The first-order valence-electron chi connectivity index (χ1n) is 7.68. The van der Waals surface area contributed by atoms with Crippen LogP contribution in [0.15, 0.2) is 29.6 Å². The molecule has 0 fully saturated rings. The molecule has 0 aliphatic rings. The quantitative estimate of drug-likeness (QED) is 0.680. The first kappa shape index (κ1) is 17.9. The number of rotatable bonds is 9. The van der Waals surface area contributed by atoms with Crippen LogP contribution in [-0.2, 0) is 11.2 Å². The van der Waals surface area contributed by atoms with Gasteiger partial charge in [0.15, 0.2) is 5.69 Å². The topological polar surface area (TPSA) is 88.5 Å². The maximum atomic E-state index is 11.7. The van der Waals surface area contributed by atoms with Gasteiger partial charge in [-0.15, -0.1) is 11.3 Å². The van der Waals surface area contributed by atoms with E-state index in [2.05, 4.69) is 10.3 Å². The average molecular weight is 348 g/mol. The van der Waals surface area contributed by atoms with Gasteiger partial charge in [-0.3, -0.25) is 4.79 Å². The molecule has 24 heavy (non-hydrogen) atoms. The Morgan fingerprint density at radius 2 is 2.21 bits per heavy atom. The van der Waals surface area contributed by atoms with E-state index in [1.54, 1.807) is 0 Å². The van der Waals surface area contributed by atoms with E-state index in [1.807, 2.05) is 31.2 Å². The molecule has 1 amide bonds. The van der Waals surface area contributed by atoms with E-state index in [0.717, 1.165) is 11.3 Å². The standard InChI is InChI=1S/C17H20N2O4S/c1-12-4-2-5-13(10-12)23-9-3-6-15(20)18-8-7-16-19-14(11-24-16)17(21)22/h2,4-5,10-11H,3,6-9H2,1H3,(H,18,20)(H,21,22). The normalized spacial score (nSPS) is 10.4. The zero-order valence-corrected chi connectivity index (χ0v) is 14.3. The lowest BCUT2D eigenvalue weighted by molar-refractivity contribution is -0.121. The molecule has 0 saturated carbocycles. The number of carboxylic acid groups (broad SMARTS) is 1. The number of hydrogen-bond donors (Lipinski definition) is 2. The third-order valence-corrected chi connectivity index (χ3v) is 4.15. The molecule has 0 bridgehead atoms. The van der Waals surface area contributed by atoms with E-state index in [0.29, 0.717) is 37.4 Å². The molecule has 0 aliphatic heterocycles. The number of aryl methyl sites for hydroxylation is 1. The number of carboxylic acids is 1. The van der Waals surface area contributed by atoms with Gasteiger partial charge in [-0.1, -0.05) is 12.1 Å². The molecule has 7 heteroatoms. The van der Waals surface area contributed by atoms with Gasteiger partial charge in [-0.2, -0.15) is 0 Å². The summed E-state index contributed by atoms with van der Waals surface area (Å²) in [5, 5.41) is 13.8. The second kappa shape index (κ2) is 9.02. The average Bonchev–Trinajstić information content (AvgIpc) is 3.01. The molecular formula is C17H20N2O4S. The monoisotopic (exact) mass is 348 g/mol. The van der Waals surface area contributed by atoms with Crippen molar-refractivity contribution in [2.24, 2.45) is 0 Å². The van der Waals surface area contributed by atoms with Gasteiger partial charge in [0.25, 0.3) is 0 Å². The van der Waals surface area contributed by atoms with Gasteiger partial charge in [0.2, 0.25) is 5.91 Å². The zero-order chi connectivity index (χ0) is 17.4. The SMILES string of the molecule is Cc1cccc(OCCCC(=O)NCCc2nc(C(=O)O)cs2)c1. The van der Waals surface area contributed by atoms with Crippen molar-refractivity contribution in [2.45, 2.75) is 26.2 Å². The van der Waals surface area contributed by atoms with Gasteiger partial charge in [0.1, 0.15) is 5.75 Å². The number of aromatic nitrogens is 1. The second-order valence-electron chi connectivity index (χ2n) is 5.30. The van der Waals surface area contributed by atoms with E-state index in [1.165, 1.54) is 16.7 Å². The fourth-order valence-corrected chi connectivity index (χ4v) is 2.82. The van der Waals surface area contributed by atoms with Gasteiger partial charge in [0, 0.05) is 24.8 Å². The van der Waals surface area contributed by atoms with Crippen LogP contribution in [0.4, 0.5) is 0 Å². The van der Waals surface area contributed by atoms with Crippen molar-refractivity contribution in [3.63, 3.8) is 0 Å². The Labute approximate surface area is 144 Å². The van der Waals surface area contributed by atoms with Crippen molar-refractivity contribution in [1.29, 1.82) is 0 Å². The molecule has 0 saturated heterocycles. The summed E-state index contributed by atoms with van der Waals surface area (Å²) in [6.07, 6.45) is 1.56. The minimum absolute atomic E-state index is 0.0437. The zero-order valence-electron chi connectivity index (χ0n) is 13.4. The van der Waals surface area contributed by atoms with Crippen LogP contribution in [-0.4, -0.2) is 35.1 Å². The Bertz CT molecular complexity index is 699. The predicted octanol–water partition coefficient (Wildman–Crippen LogP) is 2.67. The summed E-state index contributed by atoms with van der Waals surface area (Å²) in [5.41, 5.74) is 1.19. The molecule has 0 spiro atoms. The molecule has 1 aromatic heterocycles. The molecule has 0 unspecified atom stereocenters. The highest BCUT2D eigenvalue weighted by Gasteiger charge is 2.08. The van der Waals surface area contributed by atoms with Crippen LogP contribution >= 0.6 is 11.3 Å². The fraction of sp³-hybridized carbons (Fsp3) is 0.353. The maximum Gasteiger partial charge on any atom is 0.355 e. The molecule has 128 valence electrons. The number of amides is 1. The summed E-state index contributed by atoms with van der Waals surface area (Å²) in [6, 6.07) is 7.79. The Morgan fingerprint density at radius 3 is 2.92 bits per heavy atom. The first-order valence-corrected chi connectivity index (χ1v) is 8.56. The van der Waals surface area contributed by atoms with Gasteiger partial charge < -0.3 is 15.2 Å². The smallest absolute Gasteiger partial charge is 0.355 e. The summed E-state index contributed by atoms with van der Waals surface area (Å²) >= 11 is 1.29. The molecule has 2 N–H and O–H groups in total. The van der Waals surface area contributed by atoms with Crippen molar-refractivity contribution in [1.82, 2.24) is 10.3 Å². The molecule has 1 aromatic carbocycles. The highest BCUT2D eigenvalue weighted by atomic mass is 32.1. The summed E-state index contributed by atoms with van der Waals surface area (Å²) < 4.78 is 5.59. The largest absolute Gasteiger partial charge is 0.494 e. The number of hydrogen-bond acceptors (Lipinski definition) is 5. The maximum absolute atomic E-state index is 11.7. The van der Waals surface area contributed by atoms with E-state index < -0.39 is 5.97 Å². The van der Waals surface area contributed by atoms with E-state index in [-0.39, 0.29) is 11.6 Å². The fourth-order valence-electron chi connectivity index (χ4n) is 2.05. The van der Waals surface area contributed by atoms with Gasteiger partial charge in [-0.05, 0) is 31.0 Å². The van der Waals surface area contributed by atoms with Gasteiger partial charge >= 0.3 is 5.97 Å². The van der Waals surface area contributed by atoms with E-state index in [4.69, 9.17) is 9.84 Å². The second-order valence-corrected chi connectivity index (χ2v) is 6.24. The number of thiazole rings is 1. The summed E-state index contributed by atoms with van der Waals surface area (Å²) in [6.45, 7) is 2.94. The molecule has 0 atom stereocenters. The lowest BCUT2D eigenvalue weighted by Crippen LogP contribution is -2.25. The Balaban J connectivity index is 1.58. The van der Waals surface area contributed by atoms with Crippen LogP contribution in [0.5, 0.6) is 5.75 Å². The minimum atomic E-state index is -1.03. The van der Waals surface area contributed by atoms with Crippen molar-refractivity contribution in [3.8, 4) is 5.75 Å². The van der Waals surface area contributed by atoms with Crippen LogP contribution < -0.4 is 10.1 Å². The van der Waals surface area contributed by atoms with Crippen molar-refractivity contribution in [2.75, 3.05) is 13.2 Å². The van der Waals surface area contributed by atoms with E-state index in [9.17, 15) is 9.59 Å². The number of carbonyl (C=O) groups excluding carboxylic acids is 1. The van der Waals surface area contributed by atoms with E-state index >= 15 is 0 Å².